The minimum absolute atomic E-state index is 0.0595. The Morgan fingerprint density at radius 1 is 1.29 bits per heavy atom. The van der Waals surface area contributed by atoms with Gasteiger partial charge in [-0.3, -0.25) is 4.90 Å². The molecule has 1 saturated heterocycles. The number of carboxylic acid groups (broad SMARTS) is 1. The molecule has 0 aliphatic carbocycles. The zero-order valence-electron chi connectivity index (χ0n) is 17.5. The van der Waals surface area contributed by atoms with E-state index in [1.807, 2.05) is 0 Å². The molecule has 1 fully saturated rings. The number of nitrogens with zero attached hydrogens (tertiary/aromatic N) is 1. The van der Waals surface area contributed by atoms with Crippen molar-refractivity contribution in [2.24, 2.45) is 0 Å². The van der Waals surface area contributed by atoms with Gasteiger partial charge in [0.2, 0.25) is 0 Å². The van der Waals surface area contributed by atoms with Crippen LogP contribution in [-0.4, -0.2) is 62.8 Å². The van der Waals surface area contributed by atoms with Gasteiger partial charge < -0.3 is 19.0 Å². The van der Waals surface area contributed by atoms with Crippen LogP contribution in [0.25, 0.3) is 0 Å². The minimum Gasteiger partial charge on any atom is -0.491 e. The average molecular weight is 410 g/mol. The number of carbonyl (C=O) groups is 2. The van der Waals surface area contributed by atoms with E-state index in [9.17, 15) is 14.7 Å². The molecule has 28 heavy (non-hydrogen) atoms. The fourth-order valence-corrected chi connectivity index (χ4v) is 4.33. The predicted molar refractivity (Wildman–Crippen MR) is 108 cm³/mol. The van der Waals surface area contributed by atoms with Crippen LogP contribution in [0.3, 0.4) is 0 Å². The molecule has 0 aromatic heterocycles. The van der Waals surface area contributed by atoms with Crippen molar-refractivity contribution in [1.29, 1.82) is 0 Å². The molecular weight excluding hydrogens is 378 g/mol. The highest BCUT2D eigenvalue weighted by molar-refractivity contribution is 6.74. The van der Waals surface area contributed by atoms with Gasteiger partial charge in [0.15, 0.2) is 8.32 Å². The molecular formula is C20H31NO6Si. The highest BCUT2D eigenvalue weighted by Crippen LogP contribution is 2.39. The Balaban J connectivity index is 2.04. The molecule has 0 unspecified atom stereocenters. The first-order valence-corrected chi connectivity index (χ1v) is 12.3. The zero-order valence-corrected chi connectivity index (χ0v) is 18.5. The number of esters is 1. The largest absolute Gasteiger partial charge is 0.491 e. The third-order valence-electron chi connectivity index (χ3n) is 5.59. The number of likely N-dealkylation sites (tertiary alicyclic amines) is 1. The molecule has 7 nitrogen and oxygen atoms in total. The molecule has 2 rings (SSSR count). The molecule has 1 N–H and O–H groups in total. The van der Waals surface area contributed by atoms with E-state index in [0.717, 1.165) is 0 Å². The van der Waals surface area contributed by atoms with E-state index < -0.39 is 20.4 Å². The summed E-state index contributed by atoms with van der Waals surface area (Å²) in [6.45, 7) is 11.4. The van der Waals surface area contributed by atoms with Crippen LogP contribution in [0.5, 0.6) is 5.75 Å². The molecule has 1 aliphatic heterocycles. The molecule has 156 valence electrons. The smallest absolute Gasteiger partial charge is 0.407 e. The lowest BCUT2D eigenvalue weighted by molar-refractivity contribution is 0.0600. The van der Waals surface area contributed by atoms with Gasteiger partial charge in [-0.25, -0.2) is 9.59 Å². The standard InChI is InChI=1S/C20H31NO6Si/c1-20(2,3)28(5,6)27-17-11-15(21(12-17)19(23)24)13-26-16-9-7-8-14(10-16)18(22)25-4/h7-10,15,17H,11-13H2,1-6H3,(H,23,24)/t15-,17+/m0/s1. The molecule has 2 atom stereocenters. The molecule has 0 radical (unpaired) electrons. The van der Waals surface area contributed by atoms with Crippen LogP contribution in [0.1, 0.15) is 37.6 Å². The Morgan fingerprint density at radius 2 is 1.96 bits per heavy atom. The monoisotopic (exact) mass is 409 g/mol. The summed E-state index contributed by atoms with van der Waals surface area (Å²) >= 11 is 0. The van der Waals surface area contributed by atoms with Gasteiger partial charge in [0.1, 0.15) is 12.4 Å². The van der Waals surface area contributed by atoms with Crippen molar-refractivity contribution < 1.29 is 28.6 Å². The summed E-state index contributed by atoms with van der Waals surface area (Å²) in [4.78, 5) is 24.7. The topological polar surface area (TPSA) is 85.3 Å². The van der Waals surface area contributed by atoms with Gasteiger partial charge in [0.25, 0.3) is 0 Å². The lowest BCUT2D eigenvalue weighted by Gasteiger charge is -2.38. The van der Waals surface area contributed by atoms with Crippen LogP contribution in [-0.2, 0) is 9.16 Å². The summed E-state index contributed by atoms with van der Waals surface area (Å²) in [5.74, 6) is 0.0586. The number of carbonyl (C=O) groups excluding carboxylic acids is 1. The number of ether oxygens (including phenoxy) is 2. The van der Waals surface area contributed by atoms with Crippen molar-refractivity contribution >= 4 is 20.4 Å². The van der Waals surface area contributed by atoms with Crippen LogP contribution in [0.15, 0.2) is 24.3 Å². The van der Waals surface area contributed by atoms with Crippen LogP contribution in [0.2, 0.25) is 18.1 Å². The molecule has 0 spiro atoms. The van der Waals surface area contributed by atoms with E-state index in [1.165, 1.54) is 12.0 Å². The quantitative estimate of drug-likeness (QED) is 0.565. The van der Waals surface area contributed by atoms with E-state index in [-0.39, 0.29) is 23.8 Å². The number of benzene rings is 1. The van der Waals surface area contributed by atoms with Gasteiger partial charge >= 0.3 is 12.1 Å². The van der Waals surface area contributed by atoms with Gasteiger partial charge in [-0.2, -0.15) is 0 Å². The molecule has 1 aromatic rings. The summed E-state index contributed by atoms with van der Waals surface area (Å²) in [7, 11) is -0.666. The Kier molecular flexibility index (Phi) is 6.77. The van der Waals surface area contributed by atoms with Crippen LogP contribution in [0, 0.1) is 0 Å². The van der Waals surface area contributed by atoms with E-state index >= 15 is 0 Å². The number of rotatable bonds is 6. The van der Waals surface area contributed by atoms with Gasteiger partial charge in [-0.15, -0.1) is 0 Å². The van der Waals surface area contributed by atoms with Crippen LogP contribution in [0.4, 0.5) is 4.79 Å². The van der Waals surface area contributed by atoms with E-state index in [4.69, 9.17) is 13.9 Å². The molecule has 0 bridgehead atoms. The van der Waals surface area contributed by atoms with Crippen LogP contribution >= 0.6 is 0 Å². The maximum absolute atomic E-state index is 11.7. The number of hydrogen-bond donors (Lipinski definition) is 1. The maximum atomic E-state index is 11.7. The predicted octanol–water partition coefficient (Wildman–Crippen LogP) is 3.99. The number of hydrogen-bond acceptors (Lipinski definition) is 5. The summed E-state index contributed by atoms with van der Waals surface area (Å²) in [6, 6.07) is 6.37. The number of methoxy groups -OCH3 is 1. The third kappa shape index (κ3) is 5.26. The summed E-state index contributed by atoms with van der Waals surface area (Å²) < 4.78 is 16.9. The molecule has 1 aliphatic rings. The zero-order chi connectivity index (χ0) is 21.1. The van der Waals surface area contributed by atoms with Crippen molar-refractivity contribution in [2.75, 3.05) is 20.3 Å². The normalized spacial score (nSPS) is 20.1. The minimum atomic E-state index is -1.99. The molecule has 8 heteroatoms. The maximum Gasteiger partial charge on any atom is 0.407 e. The fourth-order valence-electron chi connectivity index (χ4n) is 2.97. The van der Waals surface area contributed by atoms with Gasteiger partial charge in [-0.05, 0) is 42.8 Å². The van der Waals surface area contributed by atoms with Gasteiger partial charge in [-0.1, -0.05) is 26.8 Å². The summed E-state index contributed by atoms with van der Waals surface area (Å²) in [5.41, 5.74) is 0.389. The Bertz CT molecular complexity index is 715. The highest BCUT2D eigenvalue weighted by Gasteiger charge is 2.43. The first-order valence-electron chi connectivity index (χ1n) is 9.43. The van der Waals surface area contributed by atoms with E-state index in [1.54, 1.807) is 24.3 Å². The van der Waals surface area contributed by atoms with Crippen molar-refractivity contribution in [2.45, 2.75) is 57.5 Å². The van der Waals surface area contributed by atoms with Crippen LogP contribution < -0.4 is 4.74 Å². The lowest BCUT2D eigenvalue weighted by Crippen LogP contribution is -2.44. The van der Waals surface area contributed by atoms with Crippen molar-refractivity contribution in [1.82, 2.24) is 4.90 Å². The van der Waals surface area contributed by atoms with Gasteiger partial charge in [0, 0.05) is 6.54 Å². The molecule has 1 aromatic carbocycles. The second-order valence-electron chi connectivity index (χ2n) is 8.66. The van der Waals surface area contributed by atoms with Crippen molar-refractivity contribution in [3.05, 3.63) is 29.8 Å². The first-order chi connectivity index (χ1) is 12.9. The fraction of sp³-hybridized carbons (Fsp3) is 0.600. The summed E-state index contributed by atoms with van der Waals surface area (Å²) in [5, 5.41) is 9.63. The second kappa shape index (κ2) is 8.53. The lowest BCUT2D eigenvalue weighted by atomic mass is 10.2. The van der Waals surface area contributed by atoms with Gasteiger partial charge in [0.05, 0.1) is 24.8 Å². The molecule has 1 amide bonds. The third-order valence-corrected chi connectivity index (χ3v) is 10.1. The Hall–Kier alpha value is -2.06. The average Bonchev–Trinajstić information content (AvgIpc) is 3.01. The van der Waals surface area contributed by atoms with E-state index in [0.29, 0.717) is 24.3 Å². The molecule has 0 saturated carbocycles. The first kappa shape index (κ1) is 22.2. The molecule has 1 heterocycles. The Morgan fingerprint density at radius 3 is 2.54 bits per heavy atom. The van der Waals surface area contributed by atoms with E-state index in [2.05, 4.69) is 33.9 Å². The summed E-state index contributed by atoms with van der Waals surface area (Å²) in [6.07, 6.45) is -0.514. The highest BCUT2D eigenvalue weighted by atomic mass is 28.4. The number of amides is 1. The van der Waals surface area contributed by atoms with Crippen molar-refractivity contribution in [3.63, 3.8) is 0 Å². The second-order valence-corrected chi connectivity index (χ2v) is 13.4. The Labute approximate surface area is 167 Å². The van der Waals surface area contributed by atoms with Crippen molar-refractivity contribution in [3.8, 4) is 5.75 Å². The SMILES string of the molecule is COC(=O)c1cccc(OC[C@@H]2C[C@@H](O[Si](C)(C)C(C)(C)C)CN2C(=O)O)c1.